The molecular formula is C14H18N2O11S. The van der Waals surface area contributed by atoms with E-state index < -0.39 is 58.5 Å². The Bertz CT molecular complexity index is 813. The Kier molecular flexibility index (Phi) is 6.87. The highest BCUT2D eigenvalue weighted by Crippen LogP contribution is 2.28. The van der Waals surface area contributed by atoms with E-state index in [2.05, 4.69) is 9.50 Å². The van der Waals surface area contributed by atoms with Crippen molar-refractivity contribution in [3.05, 3.63) is 34.4 Å². The number of hydrogen-bond acceptors (Lipinski definition) is 10. The van der Waals surface area contributed by atoms with Gasteiger partial charge in [-0.1, -0.05) is 0 Å². The van der Waals surface area contributed by atoms with Gasteiger partial charge in [0.1, 0.15) is 30.1 Å². The lowest BCUT2D eigenvalue weighted by molar-refractivity contribution is -0.384. The fraction of sp³-hybridized carbons (Fsp3) is 0.500. The van der Waals surface area contributed by atoms with Gasteiger partial charge in [0.25, 0.3) is 5.69 Å². The van der Waals surface area contributed by atoms with Crippen LogP contribution in [0.2, 0.25) is 0 Å². The maximum absolute atomic E-state index is 11.5. The predicted octanol–water partition coefficient (Wildman–Crippen LogP) is -1.26. The first kappa shape index (κ1) is 21.9. The number of amides is 1. The van der Waals surface area contributed by atoms with Gasteiger partial charge < -0.3 is 25.0 Å². The van der Waals surface area contributed by atoms with E-state index in [9.17, 15) is 33.5 Å². The summed E-state index contributed by atoms with van der Waals surface area (Å²) in [4.78, 5) is 21.5. The minimum atomic E-state index is -5.01. The van der Waals surface area contributed by atoms with Crippen molar-refractivity contribution in [3.63, 3.8) is 0 Å². The van der Waals surface area contributed by atoms with Crippen LogP contribution in [0.1, 0.15) is 6.92 Å². The summed E-state index contributed by atoms with van der Waals surface area (Å²) in [5.41, 5.74) is -0.204. The van der Waals surface area contributed by atoms with Crippen LogP contribution >= 0.6 is 0 Å². The van der Waals surface area contributed by atoms with Gasteiger partial charge in [0, 0.05) is 19.1 Å². The van der Waals surface area contributed by atoms with Crippen LogP contribution in [0.4, 0.5) is 5.69 Å². The van der Waals surface area contributed by atoms with Crippen molar-refractivity contribution in [2.24, 2.45) is 0 Å². The number of rotatable bonds is 7. The predicted molar refractivity (Wildman–Crippen MR) is 89.5 cm³/mol. The summed E-state index contributed by atoms with van der Waals surface area (Å²) in [6, 6.07) is 3.43. The molecule has 1 aromatic carbocycles. The van der Waals surface area contributed by atoms with Crippen LogP contribution in [-0.2, 0) is 24.1 Å². The number of aliphatic hydroxyl groups excluding tert-OH is 2. The third-order valence-electron chi connectivity index (χ3n) is 3.76. The highest BCUT2D eigenvalue weighted by Gasteiger charge is 2.49. The number of benzene rings is 1. The molecule has 13 nitrogen and oxygen atoms in total. The second-order valence-corrected chi connectivity index (χ2v) is 6.85. The van der Waals surface area contributed by atoms with E-state index in [4.69, 9.17) is 14.0 Å². The van der Waals surface area contributed by atoms with E-state index in [0.717, 1.165) is 19.1 Å². The fourth-order valence-corrected chi connectivity index (χ4v) is 3.11. The second kappa shape index (κ2) is 8.76. The Labute approximate surface area is 158 Å². The number of non-ortho nitro benzene ring substituents is 1. The lowest BCUT2D eigenvalue weighted by Gasteiger charge is -2.43. The van der Waals surface area contributed by atoms with E-state index in [0.29, 0.717) is 0 Å². The lowest BCUT2D eigenvalue weighted by atomic mass is 9.97. The number of nitro groups is 1. The molecule has 4 N–H and O–H groups in total. The Hall–Kier alpha value is -2.36. The summed E-state index contributed by atoms with van der Waals surface area (Å²) in [5, 5.41) is 32.9. The number of carbonyl (C=O) groups excluding carboxylic acids is 1. The van der Waals surface area contributed by atoms with Crippen molar-refractivity contribution < 1.29 is 46.6 Å². The first-order valence-corrected chi connectivity index (χ1v) is 9.16. The first-order chi connectivity index (χ1) is 13.0. The second-order valence-electron chi connectivity index (χ2n) is 5.80. The summed E-state index contributed by atoms with van der Waals surface area (Å²) < 4.78 is 46.1. The standard InChI is InChI=1S/C14H18N2O11S/c1-7(18)15-11-12(19)13(27-28(22,23)24)10(6-17)26-14(11)25-9-4-2-8(3-5-9)16(20)21/h2-5,10-14,17,19H,6H2,1H3,(H,15,18)(H,22,23,24)/t10-,11-,12-,13+,14-/m1/s1. The van der Waals surface area contributed by atoms with Gasteiger partial charge >= 0.3 is 10.4 Å². The van der Waals surface area contributed by atoms with Crippen LogP contribution < -0.4 is 10.1 Å². The molecule has 0 spiro atoms. The van der Waals surface area contributed by atoms with Gasteiger partial charge in [-0.15, -0.1) is 0 Å². The van der Waals surface area contributed by atoms with Crippen molar-refractivity contribution in [1.29, 1.82) is 0 Å². The number of nitrogens with zero attached hydrogens (tertiary/aromatic N) is 1. The van der Waals surface area contributed by atoms with Crippen molar-refractivity contribution in [2.75, 3.05) is 6.61 Å². The molecule has 1 saturated heterocycles. The van der Waals surface area contributed by atoms with Gasteiger partial charge in [-0.2, -0.15) is 8.42 Å². The molecule has 28 heavy (non-hydrogen) atoms. The van der Waals surface area contributed by atoms with Gasteiger partial charge in [-0.3, -0.25) is 19.5 Å². The quantitative estimate of drug-likeness (QED) is 0.233. The number of carbonyl (C=O) groups is 1. The zero-order valence-electron chi connectivity index (χ0n) is 14.4. The highest BCUT2D eigenvalue weighted by molar-refractivity contribution is 7.80. The number of hydrogen-bond donors (Lipinski definition) is 4. The normalized spacial score (nSPS) is 27.8. The summed E-state index contributed by atoms with van der Waals surface area (Å²) >= 11 is 0. The zero-order chi connectivity index (χ0) is 21.1. The van der Waals surface area contributed by atoms with Crippen molar-refractivity contribution in [1.82, 2.24) is 5.32 Å². The van der Waals surface area contributed by atoms with Crippen molar-refractivity contribution in [3.8, 4) is 5.75 Å². The van der Waals surface area contributed by atoms with Crippen molar-refractivity contribution in [2.45, 2.75) is 37.6 Å². The van der Waals surface area contributed by atoms with E-state index in [1.54, 1.807) is 0 Å². The smallest absolute Gasteiger partial charge is 0.397 e. The van der Waals surface area contributed by atoms with Crippen LogP contribution in [0.15, 0.2) is 24.3 Å². The van der Waals surface area contributed by atoms with Crippen LogP contribution in [0.25, 0.3) is 0 Å². The third-order valence-corrected chi connectivity index (χ3v) is 4.22. The molecule has 5 atom stereocenters. The zero-order valence-corrected chi connectivity index (χ0v) is 15.2. The average molecular weight is 422 g/mol. The number of aliphatic hydroxyl groups is 2. The molecule has 0 radical (unpaired) electrons. The summed E-state index contributed by atoms with van der Waals surface area (Å²) in [6.07, 6.45) is -6.36. The minimum Gasteiger partial charge on any atom is -0.463 e. The van der Waals surface area contributed by atoms with Gasteiger partial charge in [-0.05, 0) is 12.1 Å². The Balaban J connectivity index is 2.28. The molecule has 0 bridgehead atoms. The molecule has 1 aliphatic heterocycles. The monoisotopic (exact) mass is 422 g/mol. The average Bonchev–Trinajstić information content (AvgIpc) is 2.59. The van der Waals surface area contributed by atoms with E-state index in [-0.39, 0.29) is 11.4 Å². The summed E-state index contributed by atoms with van der Waals surface area (Å²) in [5.74, 6) is -0.554. The molecule has 0 unspecified atom stereocenters. The molecule has 156 valence electrons. The molecule has 1 heterocycles. The third kappa shape index (κ3) is 5.57. The summed E-state index contributed by atoms with van der Waals surface area (Å²) in [7, 11) is -5.01. The Morgan fingerprint density at radius 2 is 1.96 bits per heavy atom. The number of nitrogens with one attached hydrogen (secondary N) is 1. The molecule has 0 aliphatic carbocycles. The molecule has 0 saturated carbocycles. The van der Waals surface area contributed by atoms with Gasteiger partial charge in [0.05, 0.1) is 11.5 Å². The van der Waals surface area contributed by atoms with Crippen LogP contribution in [0, 0.1) is 10.1 Å². The minimum absolute atomic E-state index is 0.0731. The van der Waals surface area contributed by atoms with Crippen LogP contribution in [0.3, 0.4) is 0 Å². The molecule has 1 aromatic rings. The summed E-state index contributed by atoms with van der Waals surface area (Å²) in [6.45, 7) is 0.302. The Morgan fingerprint density at radius 1 is 1.36 bits per heavy atom. The lowest BCUT2D eigenvalue weighted by Crippen LogP contribution is -2.66. The molecular weight excluding hydrogens is 404 g/mol. The number of nitro benzene ring substituents is 1. The highest BCUT2D eigenvalue weighted by atomic mass is 32.3. The Morgan fingerprint density at radius 3 is 2.43 bits per heavy atom. The number of ether oxygens (including phenoxy) is 2. The van der Waals surface area contributed by atoms with Crippen molar-refractivity contribution >= 4 is 22.0 Å². The molecule has 1 aliphatic rings. The largest absolute Gasteiger partial charge is 0.463 e. The van der Waals surface area contributed by atoms with E-state index >= 15 is 0 Å². The maximum Gasteiger partial charge on any atom is 0.397 e. The SMILES string of the molecule is CC(=O)N[C@H]1[C@H](Oc2ccc([N+](=O)[O-])cc2)O[C@H](CO)[C@H](OS(=O)(=O)O)[C@@H]1O. The maximum atomic E-state index is 11.5. The molecule has 1 amide bonds. The topological polar surface area (TPSA) is 195 Å². The molecule has 14 heteroatoms. The van der Waals surface area contributed by atoms with E-state index in [1.165, 1.54) is 12.1 Å². The van der Waals surface area contributed by atoms with Gasteiger partial charge in [0.2, 0.25) is 12.2 Å². The molecule has 0 aromatic heterocycles. The molecule has 2 rings (SSSR count). The van der Waals surface area contributed by atoms with Crippen LogP contribution in [0.5, 0.6) is 5.75 Å². The van der Waals surface area contributed by atoms with Gasteiger partial charge in [-0.25, -0.2) is 4.18 Å². The van der Waals surface area contributed by atoms with Gasteiger partial charge in [0.15, 0.2) is 0 Å². The van der Waals surface area contributed by atoms with Crippen LogP contribution in [-0.4, -0.2) is 71.3 Å². The fourth-order valence-electron chi connectivity index (χ4n) is 2.60. The van der Waals surface area contributed by atoms with E-state index in [1.807, 2.05) is 0 Å². The molecule has 1 fully saturated rings. The first-order valence-electron chi connectivity index (χ1n) is 7.80.